The first-order valence-corrected chi connectivity index (χ1v) is 8.83. The van der Waals surface area contributed by atoms with Crippen molar-refractivity contribution >= 4 is 5.97 Å². The molecule has 1 heterocycles. The normalized spacial score (nSPS) is 16.4. The van der Waals surface area contributed by atoms with E-state index in [-0.39, 0.29) is 36.0 Å². The van der Waals surface area contributed by atoms with Crippen molar-refractivity contribution in [1.82, 2.24) is 0 Å². The summed E-state index contributed by atoms with van der Waals surface area (Å²) in [5.74, 6) is 0.439. The summed E-state index contributed by atoms with van der Waals surface area (Å²) in [5, 5.41) is 0. The zero-order chi connectivity index (χ0) is 17.7. The first kappa shape index (κ1) is 20.7. The van der Waals surface area contributed by atoms with Gasteiger partial charge in [-0.25, -0.2) is 4.79 Å². The molecule has 5 heteroatoms. The van der Waals surface area contributed by atoms with Crippen LogP contribution in [-0.2, 0) is 4.74 Å². The third-order valence-corrected chi connectivity index (χ3v) is 5.00. The van der Waals surface area contributed by atoms with E-state index in [0.29, 0.717) is 5.56 Å². The van der Waals surface area contributed by atoms with E-state index in [4.69, 9.17) is 9.47 Å². The summed E-state index contributed by atoms with van der Waals surface area (Å²) in [7, 11) is 3.86. The molecule has 1 saturated heterocycles. The lowest BCUT2D eigenvalue weighted by molar-refractivity contribution is -0.901. The Morgan fingerprint density at radius 3 is 2.23 bits per heavy atom. The minimum atomic E-state index is -0.290. The molecule has 3 rings (SSSR count). The van der Waals surface area contributed by atoms with Gasteiger partial charge in [-0.3, -0.25) is 0 Å². The van der Waals surface area contributed by atoms with Gasteiger partial charge in [-0.15, -0.1) is 0 Å². The van der Waals surface area contributed by atoms with Crippen LogP contribution < -0.4 is 28.7 Å². The molecule has 4 nitrogen and oxygen atoms in total. The van der Waals surface area contributed by atoms with Crippen molar-refractivity contribution in [3.8, 4) is 5.75 Å². The Bertz CT molecular complexity index is 697. The molecule has 1 fully saturated rings. The molecule has 140 valence electrons. The van der Waals surface area contributed by atoms with Gasteiger partial charge in [0.25, 0.3) is 0 Å². The van der Waals surface area contributed by atoms with Crippen molar-refractivity contribution in [2.75, 3.05) is 33.8 Å². The van der Waals surface area contributed by atoms with Crippen molar-refractivity contribution in [3.63, 3.8) is 0 Å². The average Bonchev–Trinajstić information content (AvgIpc) is 3.08. The highest BCUT2D eigenvalue weighted by Gasteiger charge is 2.33. The molecule has 0 amide bonds. The highest BCUT2D eigenvalue weighted by atomic mass is 127. The summed E-state index contributed by atoms with van der Waals surface area (Å²) in [4.78, 5) is 12.6. The Kier molecular flexibility index (Phi) is 7.46. The maximum atomic E-state index is 12.6. The number of rotatable bonds is 6. The van der Waals surface area contributed by atoms with Crippen LogP contribution in [0.2, 0.25) is 0 Å². The Labute approximate surface area is 172 Å². The van der Waals surface area contributed by atoms with Gasteiger partial charge in [0, 0.05) is 12.8 Å². The average molecular weight is 467 g/mol. The number of methoxy groups -OCH3 is 1. The van der Waals surface area contributed by atoms with Gasteiger partial charge < -0.3 is 37.9 Å². The highest BCUT2D eigenvalue weighted by molar-refractivity contribution is 5.89. The van der Waals surface area contributed by atoms with Crippen LogP contribution in [0.4, 0.5) is 0 Å². The maximum absolute atomic E-state index is 12.6. The molecule has 1 aliphatic rings. The lowest BCUT2D eigenvalue weighted by Crippen LogP contribution is -3.00. The second-order valence-electron chi connectivity index (χ2n) is 6.99. The molecule has 0 bridgehead atoms. The molecule has 0 aliphatic carbocycles. The maximum Gasteiger partial charge on any atom is 0.338 e. The second-order valence-corrected chi connectivity index (χ2v) is 6.99. The van der Waals surface area contributed by atoms with Crippen molar-refractivity contribution in [3.05, 3.63) is 65.7 Å². The van der Waals surface area contributed by atoms with Crippen LogP contribution in [-0.4, -0.2) is 44.2 Å². The summed E-state index contributed by atoms with van der Waals surface area (Å²) in [5.41, 5.74) is 1.60. The van der Waals surface area contributed by atoms with Gasteiger partial charge in [0.05, 0.1) is 32.8 Å². The predicted molar refractivity (Wildman–Crippen MR) is 97.6 cm³/mol. The lowest BCUT2D eigenvalue weighted by Gasteiger charge is -2.33. The van der Waals surface area contributed by atoms with Crippen LogP contribution in [0.25, 0.3) is 0 Å². The van der Waals surface area contributed by atoms with Gasteiger partial charge >= 0.3 is 5.97 Å². The molecular formula is C21H26INO3. The highest BCUT2D eigenvalue weighted by Crippen LogP contribution is 2.27. The van der Waals surface area contributed by atoms with Crippen LogP contribution in [0, 0.1) is 0 Å². The van der Waals surface area contributed by atoms with Gasteiger partial charge in [0.2, 0.25) is 0 Å². The van der Waals surface area contributed by atoms with E-state index in [1.165, 1.54) is 12.8 Å². The summed E-state index contributed by atoms with van der Waals surface area (Å²) in [6.07, 6.45) is 2.24. The minimum absolute atomic E-state index is 0. The van der Waals surface area contributed by atoms with Crippen molar-refractivity contribution in [2.45, 2.75) is 18.9 Å². The van der Waals surface area contributed by atoms with E-state index in [9.17, 15) is 4.79 Å². The number of ether oxygens (including phenoxy) is 2. The number of benzene rings is 2. The van der Waals surface area contributed by atoms with E-state index in [2.05, 4.69) is 7.05 Å². The topological polar surface area (TPSA) is 35.5 Å². The van der Waals surface area contributed by atoms with Crippen LogP contribution in [0.1, 0.15) is 34.9 Å². The van der Waals surface area contributed by atoms with Crippen molar-refractivity contribution < 1.29 is 42.7 Å². The van der Waals surface area contributed by atoms with Crippen molar-refractivity contribution in [1.29, 1.82) is 0 Å². The molecule has 0 N–H and O–H groups in total. The van der Waals surface area contributed by atoms with Gasteiger partial charge in [0.15, 0.2) is 6.10 Å². The first-order valence-electron chi connectivity index (χ1n) is 8.83. The summed E-state index contributed by atoms with van der Waals surface area (Å²) in [6, 6.07) is 17.1. The summed E-state index contributed by atoms with van der Waals surface area (Å²) >= 11 is 0. The molecule has 1 atom stereocenters. The standard InChI is InChI=1S/C21H26NO3.HI/c1-22(14-6-7-15-22)16-20(17-8-4-3-5-9-17)25-21(23)18-10-12-19(24-2)13-11-18;/h3-5,8-13,20H,6-7,14-16H2,1-2H3;1H/q+1;/p-1. The van der Waals surface area contributed by atoms with Gasteiger partial charge in [0.1, 0.15) is 12.3 Å². The van der Waals surface area contributed by atoms with Gasteiger partial charge in [-0.1, -0.05) is 30.3 Å². The quantitative estimate of drug-likeness (QED) is 0.359. The number of likely N-dealkylation sites (N-methyl/N-ethyl adjacent to an activating group) is 1. The number of esters is 1. The zero-order valence-electron chi connectivity index (χ0n) is 15.4. The number of carbonyl (C=O) groups excluding carboxylic acids is 1. The number of hydrogen-bond acceptors (Lipinski definition) is 3. The largest absolute Gasteiger partial charge is 1.00 e. The Morgan fingerprint density at radius 2 is 1.65 bits per heavy atom. The number of carbonyl (C=O) groups is 1. The number of likely N-dealkylation sites (tertiary alicyclic amines) is 1. The Hall–Kier alpha value is -1.60. The number of nitrogens with zero attached hydrogens (tertiary/aromatic N) is 1. The minimum Gasteiger partial charge on any atom is -1.00 e. The summed E-state index contributed by atoms with van der Waals surface area (Å²) in [6.45, 7) is 3.10. The molecule has 0 spiro atoms. The van der Waals surface area contributed by atoms with E-state index < -0.39 is 0 Å². The third-order valence-electron chi connectivity index (χ3n) is 5.00. The molecule has 0 radical (unpaired) electrons. The molecule has 0 aromatic heterocycles. The van der Waals surface area contributed by atoms with Crippen LogP contribution in [0.5, 0.6) is 5.75 Å². The Morgan fingerprint density at radius 1 is 1.04 bits per heavy atom. The predicted octanol–water partition coefficient (Wildman–Crippen LogP) is 0.838. The lowest BCUT2D eigenvalue weighted by atomic mass is 10.1. The molecule has 0 saturated carbocycles. The second kappa shape index (κ2) is 9.37. The van der Waals surface area contributed by atoms with E-state index in [1.54, 1.807) is 31.4 Å². The molecule has 26 heavy (non-hydrogen) atoms. The van der Waals surface area contributed by atoms with Gasteiger partial charge in [-0.05, 0) is 29.8 Å². The molecule has 2 aromatic rings. The number of halogens is 1. The SMILES string of the molecule is COc1ccc(C(=O)OC(C[N+]2(C)CCCC2)c2ccccc2)cc1.[I-]. The fourth-order valence-corrected chi connectivity index (χ4v) is 3.48. The van der Waals surface area contributed by atoms with Crippen LogP contribution in [0.3, 0.4) is 0 Å². The van der Waals surface area contributed by atoms with Crippen LogP contribution >= 0.6 is 0 Å². The molecular weight excluding hydrogens is 441 g/mol. The number of quaternary nitrogens is 1. The fraction of sp³-hybridized carbons (Fsp3) is 0.381. The van der Waals surface area contributed by atoms with Gasteiger partial charge in [-0.2, -0.15) is 0 Å². The van der Waals surface area contributed by atoms with Crippen molar-refractivity contribution in [2.24, 2.45) is 0 Å². The number of hydrogen-bond donors (Lipinski definition) is 0. The smallest absolute Gasteiger partial charge is 0.338 e. The zero-order valence-corrected chi connectivity index (χ0v) is 17.5. The van der Waals surface area contributed by atoms with Crippen LogP contribution in [0.15, 0.2) is 54.6 Å². The molecule has 1 unspecified atom stereocenters. The molecule has 2 aromatic carbocycles. The monoisotopic (exact) mass is 467 g/mol. The van der Waals surface area contributed by atoms with E-state index >= 15 is 0 Å². The Balaban J connectivity index is 0.00000243. The fourth-order valence-electron chi connectivity index (χ4n) is 3.48. The first-order chi connectivity index (χ1) is 12.1. The molecule has 1 aliphatic heterocycles. The summed E-state index contributed by atoms with van der Waals surface area (Å²) < 4.78 is 12.0. The van der Waals surface area contributed by atoms with E-state index in [1.807, 2.05) is 30.3 Å². The third kappa shape index (κ3) is 5.20. The van der Waals surface area contributed by atoms with E-state index in [0.717, 1.165) is 35.4 Å².